The summed E-state index contributed by atoms with van der Waals surface area (Å²) in [7, 11) is 0. The van der Waals surface area contributed by atoms with E-state index < -0.39 is 0 Å². The Bertz CT molecular complexity index is 401. The maximum Gasteiger partial charge on any atom is 0.0277 e. The average molecular weight is 280 g/mol. The lowest BCUT2D eigenvalue weighted by molar-refractivity contribution is 0.168. The molecule has 0 bridgehead atoms. The largest absolute Gasteiger partial charge is 0.310 e. The minimum absolute atomic E-state index is 0.288. The van der Waals surface area contributed by atoms with Gasteiger partial charge in [0.05, 0.1) is 0 Å². The molecule has 1 aromatic rings. The summed E-state index contributed by atoms with van der Waals surface area (Å²) in [4.78, 5) is 5.64. The molecule has 1 aromatic heterocycles. The summed E-state index contributed by atoms with van der Waals surface area (Å²) in [6, 6.07) is 5.18. The molecule has 0 aromatic carbocycles. The first kappa shape index (κ1) is 15.0. The third-order valence-corrected chi connectivity index (χ3v) is 5.45. The van der Waals surface area contributed by atoms with Crippen molar-refractivity contribution in [1.82, 2.24) is 10.2 Å². The van der Waals surface area contributed by atoms with Crippen LogP contribution in [0.3, 0.4) is 0 Å². The number of nitrogens with one attached hydrogen (secondary N) is 1. The van der Waals surface area contributed by atoms with E-state index >= 15 is 0 Å². The molecule has 19 heavy (non-hydrogen) atoms. The molecule has 2 atom stereocenters. The van der Waals surface area contributed by atoms with E-state index in [1.165, 1.54) is 42.1 Å². The third kappa shape index (κ3) is 4.04. The van der Waals surface area contributed by atoms with E-state index in [-0.39, 0.29) is 5.54 Å². The standard InChI is InChI=1S/C16H28N2S/c1-5-16(4)12-18(10-6-9-17-16)13(2)11-15-8-7-14(3)19-15/h7-8,13,17H,5-6,9-12H2,1-4H3. The predicted molar refractivity (Wildman–Crippen MR) is 85.1 cm³/mol. The average Bonchev–Trinajstić information content (AvgIpc) is 2.67. The zero-order valence-corrected chi connectivity index (χ0v) is 13.6. The quantitative estimate of drug-likeness (QED) is 0.909. The molecule has 0 amide bonds. The minimum Gasteiger partial charge on any atom is -0.310 e. The van der Waals surface area contributed by atoms with Gasteiger partial charge in [-0.05, 0) is 65.3 Å². The number of hydrogen-bond acceptors (Lipinski definition) is 3. The van der Waals surface area contributed by atoms with Crippen LogP contribution in [0.5, 0.6) is 0 Å². The Labute approximate surface area is 122 Å². The molecular weight excluding hydrogens is 252 g/mol. The van der Waals surface area contributed by atoms with Gasteiger partial charge in [-0.3, -0.25) is 4.90 Å². The van der Waals surface area contributed by atoms with E-state index in [2.05, 4.69) is 50.0 Å². The van der Waals surface area contributed by atoms with E-state index in [4.69, 9.17) is 0 Å². The summed E-state index contributed by atoms with van der Waals surface area (Å²) in [6.07, 6.45) is 3.66. The molecule has 2 heterocycles. The number of thiophene rings is 1. The molecule has 0 saturated carbocycles. The van der Waals surface area contributed by atoms with Crippen LogP contribution >= 0.6 is 11.3 Å². The molecule has 1 saturated heterocycles. The fourth-order valence-electron chi connectivity index (χ4n) is 2.88. The highest BCUT2D eigenvalue weighted by Gasteiger charge is 2.29. The van der Waals surface area contributed by atoms with Gasteiger partial charge in [0.15, 0.2) is 0 Å². The molecule has 1 fully saturated rings. The van der Waals surface area contributed by atoms with Crippen molar-refractivity contribution in [2.45, 2.75) is 58.5 Å². The zero-order chi connectivity index (χ0) is 13.9. The van der Waals surface area contributed by atoms with Crippen LogP contribution in [0.1, 0.15) is 43.4 Å². The van der Waals surface area contributed by atoms with Crippen molar-refractivity contribution in [3.8, 4) is 0 Å². The van der Waals surface area contributed by atoms with E-state index in [9.17, 15) is 0 Å². The summed E-state index contributed by atoms with van der Waals surface area (Å²) in [6.45, 7) is 12.8. The zero-order valence-electron chi connectivity index (χ0n) is 12.8. The SMILES string of the molecule is CCC1(C)CN(C(C)Cc2ccc(C)s2)CCCN1. The molecule has 1 N–H and O–H groups in total. The van der Waals surface area contributed by atoms with Gasteiger partial charge in [0, 0.05) is 27.9 Å². The molecule has 2 nitrogen and oxygen atoms in total. The summed E-state index contributed by atoms with van der Waals surface area (Å²) in [5.41, 5.74) is 0.288. The van der Waals surface area contributed by atoms with Crippen LogP contribution < -0.4 is 5.32 Å². The van der Waals surface area contributed by atoms with Crippen molar-refractivity contribution in [2.24, 2.45) is 0 Å². The van der Waals surface area contributed by atoms with Crippen LogP contribution in [0.2, 0.25) is 0 Å². The Kier molecular flexibility index (Phi) is 5.04. The van der Waals surface area contributed by atoms with Gasteiger partial charge in [0.2, 0.25) is 0 Å². The van der Waals surface area contributed by atoms with Gasteiger partial charge < -0.3 is 5.32 Å². The highest BCUT2D eigenvalue weighted by molar-refractivity contribution is 7.11. The van der Waals surface area contributed by atoms with E-state index in [0.29, 0.717) is 6.04 Å². The predicted octanol–water partition coefficient (Wildman–Crippen LogP) is 3.45. The fraction of sp³-hybridized carbons (Fsp3) is 0.750. The molecule has 3 heteroatoms. The number of aryl methyl sites for hydroxylation is 1. The monoisotopic (exact) mass is 280 g/mol. The van der Waals surface area contributed by atoms with Gasteiger partial charge in [-0.15, -0.1) is 11.3 Å². The Hall–Kier alpha value is -0.380. The first-order valence-electron chi connectivity index (χ1n) is 7.57. The van der Waals surface area contributed by atoms with Crippen molar-refractivity contribution >= 4 is 11.3 Å². The number of hydrogen-bond donors (Lipinski definition) is 1. The molecular formula is C16H28N2S. The molecule has 0 spiro atoms. The topological polar surface area (TPSA) is 15.3 Å². The lowest BCUT2D eigenvalue weighted by Gasteiger charge is -2.35. The van der Waals surface area contributed by atoms with E-state index in [0.717, 1.165) is 6.54 Å². The van der Waals surface area contributed by atoms with Gasteiger partial charge in [0.25, 0.3) is 0 Å². The molecule has 0 aliphatic carbocycles. The summed E-state index contributed by atoms with van der Waals surface area (Å²) in [5, 5.41) is 3.72. The minimum atomic E-state index is 0.288. The van der Waals surface area contributed by atoms with E-state index in [1.54, 1.807) is 0 Å². The molecule has 1 aliphatic rings. The third-order valence-electron chi connectivity index (χ3n) is 4.42. The van der Waals surface area contributed by atoms with Gasteiger partial charge in [-0.25, -0.2) is 0 Å². The maximum atomic E-state index is 3.72. The van der Waals surface area contributed by atoms with Crippen molar-refractivity contribution in [2.75, 3.05) is 19.6 Å². The second kappa shape index (κ2) is 6.38. The first-order chi connectivity index (χ1) is 9.02. The Morgan fingerprint density at radius 3 is 2.89 bits per heavy atom. The van der Waals surface area contributed by atoms with Gasteiger partial charge in [-0.2, -0.15) is 0 Å². The van der Waals surface area contributed by atoms with Crippen LogP contribution in [0.25, 0.3) is 0 Å². The Morgan fingerprint density at radius 2 is 2.26 bits per heavy atom. The molecule has 2 rings (SSSR count). The van der Waals surface area contributed by atoms with Crippen molar-refractivity contribution < 1.29 is 0 Å². The Morgan fingerprint density at radius 1 is 1.47 bits per heavy atom. The second-order valence-corrected chi connectivity index (χ2v) is 7.60. The van der Waals surface area contributed by atoms with E-state index in [1.807, 2.05) is 11.3 Å². The van der Waals surface area contributed by atoms with Crippen LogP contribution in [0.15, 0.2) is 12.1 Å². The lowest BCUT2D eigenvalue weighted by atomic mass is 9.97. The maximum absolute atomic E-state index is 3.72. The van der Waals surface area contributed by atoms with Crippen molar-refractivity contribution in [3.63, 3.8) is 0 Å². The second-order valence-electron chi connectivity index (χ2n) is 6.23. The highest BCUT2D eigenvalue weighted by atomic mass is 32.1. The smallest absolute Gasteiger partial charge is 0.0277 e. The van der Waals surface area contributed by atoms with Crippen LogP contribution in [-0.2, 0) is 6.42 Å². The number of rotatable bonds is 4. The first-order valence-corrected chi connectivity index (χ1v) is 8.38. The van der Waals surface area contributed by atoms with Gasteiger partial charge >= 0.3 is 0 Å². The summed E-state index contributed by atoms with van der Waals surface area (Å²) < 4.78 is 0. The molecule has 108 valence electrons. The van der Waals surface area contributed by atoms with Crippen LogP contribution in [0.4, 0.5) is 0 Å². The van der Waals surface area contributed by atoms with Crippen LogP contribution in [0, 0.1) is 6.92 Å². The van der Waals surface area contributed by atoms with Gasteiger partial charge in [0.1, 0.15) is 0 Å². The number of nitrogens with zero attached hydrogens (tertiary/aromatic N) is 1. The summed E-state index contributed by atoms with van der Waals surface area (Å²) >= 11 is 1.95. The van der Waals surface area contributed by atoms with Gasteiger partial charge in [-0.1, -0.05) is 6.92 Å². The summed E-state index contributed by atoms with van der Waals surface area (Å²) in [5.74, 6) is 0. The molecule has 0 radical (unpaired) electrons. The van der Waals surface area contributed by atoms with Crippen molar-refractivity contribution in [1.29, 1.82) is 0 Å². The van der Waals surface area contributed by atoms with Crippen LogP contribution in [-0.4, -0.2) is 36.1 Å². The lowest BCUT2D eigenvalue weighted by Crippen LogP contribution is -2.50. The highest BCUT2D eigenvalue weighted by Crippen LogP contribution is 2.22. The normalized spacial score (nSPS) is 27.2. The Balaban J connectivity index is 1.98. The molecule has 1 aliphatic heterocycles. The van der Waals surface area contributed by atoms with Crippen molar-refractivity contribution in [3.05, 3.63) is 21.9 Å². The fourth-order valence-corrected chi connectivity index (χ4v) is 3.89. The molecule has 2 unspecified atom stereocenters.